The highest BCUT2D eigenvalue weighted by atomic mass is 16.7. The number of amides is 1. The molecule has 0 N–H and O–H groups in total. The second-order valence-electron chi connectivity index (χ2n) is 7.51. The molecule has 4 heterocycles. The second-order valence-corrected chi connectivity index (χ2v) is 7.51. The number of aryl methyl sites for hydroxylation is 1. The zero-order valence-electron chi connectivity index (χ0n) is 16.3. The fourth-order valence-electron chi connectivity index (χ4n) is 4.26. The average Bonchev–Trinajstić information content (AvgIpc) is 3.38. The van der Waals surface area contributed by atoms with Crippen LogP contribution >= 0.6 is 0 Å². The number of piperazine rings is 1. The van der Waals surface area contributed by atoms with Gasteiger partial charge in [-0.2, -0.15) is 5.26 Å². The van der Waals surface area contributed by atoms with Crippen molar-refractivity contribution in [3.8, 4) is 6.07 Å². The molecule has 3 aliphatic rings. The third-order valence-corrected chi connectivity index (χ3v) is 5.71. The number of ether oxygens (including phenoxy) is 2. The number of oxazole rings is 1. The molecule has 0 aromatic carbocycles. The smallest absolute Gasteiger partial charge is 0.236 e. The van der Waals surface area contributed by atoms with Crippen molar-refractivity contribution in [2.75, 3.05) is 57.4 Å². The van der Waals surface area contributed by atoms with Crippen LogP contribution in [0.2, 0.25) is 0 Å². The van der Waals surface area contributed by atoms with Crippen LogP contribution in [0, 0.1) is 18.3 Å². The quantitative estimate of drug-likeness (QED) is 0.744. The van der Waals surface area contributed by atoms with E-state index in [0.717, 1.165) is 25.8 Å². The molecule has 3 saturated heterocycles. The lowest BCUT2D eigenvalue weighted by atomic mass is 10.0. The summed E-state index contributed by atoms with van der Waals surface area (Å²) in [6.45, 7) is 6.79. The van der Waals surface area contributed by atoms with E-state index >= 15 is 0 Å². The summed E-state index contributed by atoms with van der Waals surface area (Å²) >= 11 is 0. The Morgan fingerprint density at radius 2 is 1.93 bits per heavy atom. The molecule has 28 heavy (non-hydrogen) atoms. The minimum atomic E-state index is -0.205. The van der Waals surface area contributed by atoms with Crippen LogP contribution < -0.4 is 4.90 Å². The van der Waals surface area contributed by atoms with Crippen molar-refractivity contribution in [2.24, 2.45) is 0 Å². The van der Waals surface area contributed by atoms with Gasteiger partial charge < -0.3 is 23.7 Å². The molecule has 0 saturated carbocycles. The zero-order chi connectivity index (χ0) is 19.5. The molecule has 1 unspecified atom stereocenters. The van der Waals surface area contributed by atoms with E-state index in [1.807, 2.05) is 9.80 Å². The standard InChI is InChI=1S/C19H27N5O4/c1-14-21-15(12-20)18(28-14)23-8-6-22(7-9-23)17(25)13-24-5-3-2-4-16(24)19-26-10-11-27-19/h16,19H,2-11,13H2,1H3. The van der Waals surface area contributed by atoms with Gasteiger partial charge in [0.1, 0.15) is 6.07 Å². The van der Waals surface area contributed by atoms with Gasteiger partial charge in [0.05, 0.1) is 25.8 Å². The molecule has 0 radical (unpaired) electrons. The number of rotatable bonds is 4. The van der Waals surface area contributed by atoms with Crippen molar-refractivity contribution in [1.82, 2.24) is 14.8 Å². The van der Waals surface area contributed by atoms with Gasteiger partial charge in [0.15, 0.2) is 12.2 Å². The number of piperidine rings is 1. The summed E-state index contributed by atoms with van der Waals surface area (Å²) < 4.78 is 17.0. The van der Waals surface area contributed by atoms with E-state index in [4.69, 9.17) is 13.9 Å². The van der Waals surface area contributed by atoms with E-state index in [1.54, 1.807) is 6.92 Å². The Bertz CT molecular complexity index is 731. The first-order valence-corrected chi connectivity index (χ1v) is 10.0. The summed E-state index contributed by atoms with van der Waals surface area (Å²) in [7, 11) is 0. The maximum absolute atomic E-state index is 12.9. The van der Waals surface area contributed by atoms with Gasteiger partial charge >= 0.3 is 0 Å². The van der Waals surface area contributed by atoms with Gasteiger partial charge in [-0.05, 0) is 19.4 Å². The average molecular weight is 389 g/mol. The van der Waals surface area contributed by atoms with E-state index in [0.29, 0.717) is 63.4 Å². The molecule has 1 aromatic rings. The summed E-state index contributed by atoms with van der Waals surface area (Å²) in [5.41, 5.74) is 0.310. The Labute approximate surface area is 164 Å². The van der Waals surface area contributed by atoms with Gasteiger partial charge in [-0.25, -0.2) is 4.98 Å². The molecule has 9 heteroatoms. The first kappa shape index (κ1) is 19.2. The van der Waals surface area contributed by atoms with Crippen LogP contribution in [0.25, 0.3) is 0 Å². The molecule has 1 aromatic heterocycles. The van der Waals surface area contributed by atoms with Crippen molar-refractivity contribution in [2.45, 2.75) is 38.5 Å². The summed E-state index contributed by atoms with van der Waals surface area (Å²) in [4.78, 5) is 23.1. The third kappa shape index (κ3) is 3.99. The number of nitrogens with zero attached hydrogens (tertiary/aromatic N) is 5. The minimum absolute atomic E-state index is 0.138. The largest absolute Gasteiger partial charge is 0.424 e. The highest BCUT2D eigenvalue weighted by molar-refractivity contribution is 5.78. The van der Waals surface area contributed by atoms with Crippen molar-refractivity contribution >= 4 is 11.8 Å². The number of hydrogen-bond donors (Lipinski definition) is 0. The highest BCUT2D eigenvalue weighted by Gasteiger charge is 2.35. The number of hydrogen-bond acceptors (Lipinski definition) is 8. The lowest BCUT2D eigenvalue weighted by Crippen LogP contribution is -2.54. The lowest BCUT2D eigenvalue weighted by Gasteiger charge is -2.40. The Hall–Kier alpha value is -2.15. The Kier molecular flexibility index (Phi) is 5.80. The SMILES string of the molecule is Cc1nc(C#N)c(N2CCN(C(=O)CN3CCCCC3C3OCCO3)CC2)o1. The van der Waals surface area contributed by atoms with Crippen LogP contribution in [-0.2, 0) is 14.3 Å². The molecular formula is C19H27N5O4. The number of nitriles is 1. The predicted molar refractivity (Wildman–Crippen MR) is 99.7 cm³/mol. The van der Waals surface area contributed by atoms with E-state index < -0.39 is 0 Å². The minimum Gasteiger partial charge on any atom is -0.424 e. The number of aromatic nitrogens is 1. The molecule has 3 aliphatic heterocycles. The lowest BCUT2D eigenvalue weighted by molar-refractivity contribution is -0.140. The highest BCUT2D eigenvalue weighted by Crippen LogP contribution is 2.25. The Morgan fingerprint density at radius 1 is 1.18 bits per heavy atom. The molecule has 0 spiro atoms. The van der Waals surface area contributed by atoms with Crippen LogP contribution in [0.3, 0.4) is 0 Å². The first-order valence-electron chi connectivity index (χ1n) is 10.0. The topological polar surface area (TPSA) is 95.1 Å². The fourth-order valence-corrected chi connectivity index (χ4v) is 4.26. The molecule has 0 bridgehead atoms. The van der Waals surface area contributed by atoms with E-state index in [1.165, 1.54) is 0 Å². The molecule has 0 aliphatic carbocycles. The van der Waals surface area contributed by atoms with Crippen LogP contribution in [0.1, 0.15) is 30.8 Å². The van der Waals surface area contributed by atoms with Crippen molar-refractivity contribution < 1.29 is 18.7 Å². The second kappa shape index (κ2) is 8.47. The molecule has 152 valence electrons. The number of carbonyl (C=O) groups excluding carboxylic acids is 1. The van der Waals surface area contributed by atoms with E-state index in [-0.39, 0.29) is 18.2 Å². The van der Waals surface area contributed by atoms with Gasteiger partial charge in [0.2, 0.25) is 17.5 Å². The number of carbonyl (C=O) groups is 1. The molecule has 1 atom stereocenters. The Balaban J connectivity index is 1.33. The maximum atomic E-state index is 12.9. The molecule has 9 nitrogen and oxygen atoms in total. The van der Waals surface area contributed by atoms with Gasteiger partial charge in [-0.3, -0.25) is 9.69 Å². The monoisotopic (exact) mass is 389 g/mol. The predicted octanol–water partition coefficient (Wildman–Crippen LogP) is 0.731. The fraction of sp³-hybridized carbons (Fsp3) is 0.737. The third-order valence-electron chi connectivity index (χ3n) is 5.71. The van der Waals surface area contributed by atoms with Gasteiger partial charge in [-0.15, -0.1) is 0 Å². The molecular weight excluding hydrogens is 362 g/mol. The van der Waals surface area contributed by atoms with Gasteiger partial charge in [-0.1, -0.05) is 6.42 Å². The van der Waals surface area contributed by atoms with Gasteiger partial charge in [0.25, 0.3) is 0 Å². The Morgan fingerprint density at radius 3 is 2.64 bits per heavy atom. The first-order chi connectivity index (χ1) is 13.7. The molecule has 1 amide bonds. The molecule has 4 rings (SSSR count). The van der Waals surface area contributed by atoms with Crippen molar-refractivity contribution in [3.05, 3.63) is 11.6 Å². The summed E-state index contributed by atoms with van der Waals surface area (Å²) in [5, 5.41) is 9.21. The summed E-state index contributed by atoms with van der Waals surface area (Å²) in [6.07, 6.45) is 3.05. The van der Waals surface area contributed by atoms with Gasteiger partial charge in [0, 0.05) is 33.1 Å². The van der Waals surface area contributed by atoms with Crippen LogP contribution in [0.15, 0.2) is 4.42 Å². The number of anilines is 1. The summed E-state index contributed by atoms with van der Waals surface area (Å²) in [6, 6.07) is 2.24. The zero-order valence-corrected chi connectivity index (χ0v) is 16.3. The van der Waals surface area contributed by atoms with Crippen LogP contribution in [0.5, 0.6) is 0 Å². The van der Waals surface area contributed by atoms with Crippen molar-refractivity contribution in [3.63, 3.8) is 0 Å². The normalized spacial score (nSPS) is 24.5. The number of likely N-dealkylation sites (tertiary alicyclic amines) is 1. The maximum Gasteiger partial charge on any atom is 0.236 e. The summed E-state index contributed by atoms with van der Waals surface area (Å²) in [5.74, 6) is 1.13. The van der Waals surface area contributed by atoms with Crippen molar-refractivity contribution in [1.29, 1.82) is 5.26 Å². The molecule has 3 fully saturated rings. The van der Waals surface area contributed by atoms with Crippen LogP contribution in [-0.4, -0.2) is 85.5 Å². The van der Waals surface area contributed by atoms with Crippen LogP contribution in [0.4, 0.5) is 5.88 Å². The van der Waals surface area contributed by atoms with E-state index in [9.17, 15) is 10.1 Å². The van der Waals surface area contributed by atoms with E-state index in [2.05, 4.69) is 16.0 Å².